The molecule has 0 atom stereocenters. The largest absolute Gasteiger partial charge is 0.460 e. The highest BCUT2D eigenvalue weighted by Crippen LogP contribution is 2.64. The van der Waals surface area contributed by atoms with E-state index >= 15 is 0 Å². The molecule has 0 radical (unpaired) electrons. The van der Waals surface area contributed by atoms with E-state index in [1.54, 1.807) is 0 Å². The maximum Gasteiger partial charge on any atom is 0.460 e. The van der Waals surface area contributed by atoms with Crippen molar-refractivity contribution in [3.63, 3.8) is 0 Å². The van der Waals surface area contributed by atoms with Crippen LogP contribution in [-0.4, -0.2) is 71.5 Å². The van der Waals surface area contributed by atoms with Crippen LogP contribution in [0.15, 0.2) is 0 Å². The predicted octanol–water partition coefficient (Wildman–Crippen LogP) is 6.64. The molecule has 34 heavy (non-hydrogen) atoms. The minimum atomic E-state index is -8.71. The second-order valence-corrected chi connectivity index (χ2v) is 6.81. The first kappa shape index (κ1) is 32.3. The maximum atomic E-state index is 13.9. The standard InChI is InChI=1S/C15H14F17NO/c1-3-5-33(6-4-2)7(34)8(16,17)9(18,19)10(20,21)11(22,23)12(24,25)13(26,27)14(28,29)15(30,31)32/h3-6H2,1-2H3. The van der Waals surface area contributed by atoms with E-state index in [0.717, 1.165) is 13.8 Å². The Kier molecular flexibility index (Phi) is 8.60. The van der Waals surface area contributed by atoms with Crippen molar-refractivity contribution in [3.8, 4) is 0 Å². The van der Waals surface area contributed by atoms with Crippen LogP contribution in [-0.2, 0) is 4.79 Å². The molecule has 0 N–H and O–H groups in total. The zero-order valence-electron chi connectivity index (χ0n) is 16.6. The Morgan fingerprint density at radius 1 is 0.500 bits per heavy atom. The van der Waals surface area contributed by atoms with E-state index in [4.69, 9.17) is 0 Å². The number of nitrogens with zero attached hydrogens (tertiary/aromatic N) is 1. The zero-order valence-corrected chi connectivity index (χ0v) is 16.6. The number of hydrogen-bond donors (Lipinski definition) is 0. The summed E-state index contributed by atoms with van der Waals surface area (Å²) >= 11 is 0. The second-order valence-electron chi connectivity index (χ2n) is 6.81. The summed E-state index contributed by atoms with van der Waals surface area (Å²) in [6, 6.07) is 0. The Morgan fingerprint density at radius 3 is 1.03 bits per heavy atom. The number of alkyl halides is 17. The van der Waals surface area contributed by atoms with Crippen LogP contribution in [0.3, 0.4) is 0 Å². The van der Waals surface area contributed by atoms with E-state index in [1.165, 1.54) is 0 Å². The number of carbonyl (C=O) groups is 1. The first-order valence-electron chi connectivity index (χ1n) is 8.69. The van der Waals surface area contributed by atoms with E-state index < -0.39 is 66.6 Å². The van der Waals surface area contributed by atoms with E-state index in [1.807, 2.05) is 0 Å². The van der Waals surface area contributed by atoms with Crippen LogP contribution in [0.5, 0.6) is 0 Å². The lowest BCUT2D eigenvalue weighted by molar-refractivity contribution is -0.459. The smallest absolute Gasteiger partial charge is 0.337 e. The topological polar surface area (TPSA) is 20.3 Å². The molecule has 0 heterocycles. The first-order valence-corrected chi connectivity index (χ1v) is 8.69. The fourth-order valence-corrected chi connectivity index (χ4v) is 2.35. The van der Waals surface area contributed by atoms with Crippen molar-refractivity contribution in [3.05, 3.63) is 0 Å². The number of hydrogen-bond acceptors (Lipinski definition) is 1. The third-order valence-corrected chi connectivity index (χ3v) is 4.26. The summed E-state index contributed by atoms with van der Waals surface area (Å²) in [6.07, 6.45) is -8.46. The van der Waals surface area contributed by atoms with Crippen LogP contribution >= 0.6 is 0 Å². The van der Waals surface area contributed by atoms with Gasteiger partial charge in [-0.25, -0.2) is 0 Å². The van der Waals surface area contributed by atoms with Gasteiger partial charge in [0.2, 0.25) is 0 Å². The van der Waals surface area contributed by atoms with Crippen LogP contribution in [0.4, 0.5) is 74.6 Å². The van der Waals surface area contributed by atoms with Crippen molar-refractivity contribution in [1.29, 1.82) is 0 Å². The minimum Gasteiger partial charge on any atom is -0.337 e. The highest BCUT2D eigenvalue weighted by atomic mass is 19.4. The lowest BCUT2D eigenvalue weighted by Gasteiger charge is -2.43. The van der Waals surface area contributed by atoms with Crippen molar-refractivity contribution < 1.29 is 79.4 Å². The molecule has 0 aliphatic heterocycles. The van der Waals surface area contributed by atoms with E-state index in [-0.39, 0.29) is 17.7 Å². The van der Waals surface area contributed by atoms with Gasteiger partial charge in [0.25, 0.3) is 5.91 Å². The highest BCUT2D eigenvalue weighted by molar-refractivity contribution is 5.85. The molecule has 0 fully saturated rings. The molecule has 0 aliphatic carbocycles. The molecule has 0 saturated heterocycles. The van der Waals surface area contributed by atoms with Gasteiger partial charge in [0.1, 0.15) is 0 Å². The molecule has 0 saturated carbocycles. The number of halogens is 17. The lowest BCUT2D eigenvalue weighted by Crippen LogP contribution is -2.75. The molecule has 0 aromatic rings. The molecule has 204 valence electrons. The highest BCUT2D eigenvalue weighted by Gasteiger charge is 2.95. The van der Waals surface area contributed by atoms with Crippen molar-refractivity contribution in [2.75, 3.05) is 13.1 Å². The molecule has 0 rings (SSSR count). The summed E-state index contributed by atoms with van der Waals surface area (Å²) in [5.41, 5.74) is 0. The summed E-state index contributed by atoms with van der Waals surface area (Å²) < 4.78 is 224. The fraction of sp³-hybridized carbons (Fsp3) is 0.933. The molecule has 1 amide bonds. The van der Waals surface area contributed by atoms with Gasteiger partial charge in [0.15, 0.2) is 0 Å². The van der Waals surface area contributed by atoms with Crippen LogP contribution in [0.1, 0.15) is 26.7 Å². The summed E-state index contributed by atoms with van der Waals surface area (Å²) in [5.74, 6) is -61.0. The van der Waals surface area contributed by atoms with Gasteiger partial charge < -0.3 is 4.90 Å². The Morgan fingerprint density at radius 2 is 0.765 bits per heavy atom. The van der Waals surface area contributed by atoms with Crippen LogP contribution < -0.4 is 0 Å². The average Bonchev–Trinajstić information content (AvgIpc) is 2.65. The summed E-state index contributed by atoms with van der Waals surface area (Å²) in [6.45, 7) is 0.454. The lowest BCUT2D eigenvalue weighted by atomic mass is 9.88. The average molecular weight is 547 g/mol. The molecule has 19 heteroatoms. The second kappa shape index (κ2) is 9.05. The predicted molar refractivity (Wildman–Crippen MR) is 77.8 cm³/mol. The zero-order chi connectivity index (χ0) is 28.0. The third kappa shape index (κ3) is 4.35. The van der Waals surface area contributed by atoms with Gasteiger partial charge in [-0.15, -0.1) is 0 Å². The van der Waals surface area contributed by atoms with Crippen molar-refractivity contribution in [2.45, 2.75) is 74.3 Å². The minimum absolute atomic E-state index is 0.299. The molecule has 0 aromatic carbocycles. The van der Waals surface area contributed by atoms with Gasteiger partial charge in [-0.1, -0.05) is 13.8 Å². The van der Waals surface area contributed by atoms with Gasteiger partial charge in [-0.2, -0.15) is 74.6 Å². The quantitative estimate of drug-likeness (QED) is 0.266. The third-order valence-electron chi connectivity index (χ3n) is 4.26. The van der Waals surface area contributed by atoms with Crippen molar-refractivity contribution >= 4 is 5.91 Å². The molecule has 0 bridgehead atoms. The Labute approximate surface area is 179 Å². The molecular formula is C15H14F17NO. The maximum absolute atomic E-state index is 13.9. The number of amides is 1. The molecule has 0 aromatic heterocycles. The van der Waals surface area contributed by atoms with E-state index in [0.29, 0.717) is 0 Å². The fourth-order valence-electron chi connectivity index (χ4n) is 2.35. The van der Waals surface area contributed by atoms with E-state index in [2.05, 4.69) is 0 Å². The van der Waals surface area contributed by atoms with Gasteiger partial charge in [0, 0.05) is 13.1 Å². The van der Waals surface area contributed by atoms with Crippen molar-refractivity contribution in [2.24, 2.45) is 0 Å². The first-order chi connectivity index (χ1) is 14.7. The van der Waals surface area contributed by atoms with Crippen LogP contribution in [0, 0.1) is 0 Å². The monoisotopic (exact) mass is 547 g/mol. The number of rotatable bonds is 11. The van der Waals surface area contributed by atoms with Crippen LogP contribution in [0.2, 0.25) is 0 Å². The molecular weight excluding hydrogens is 533 g/mol. The Bertz CT molecular complexity index is 721. The van der Waals surface area contributed by atoms with Gasteiger partial charge >= 0.3 is 47.6 Å². The SMILES string of the molecule is CCCN(CCC)C(=O)C(F)(F)C(F)(F)C(F)(F)C(F)(F)C(F)(F)C(F)(F)C(F)(F)C(F)(F)F. The Balaban J connectivity index is 6.79. The van der Waals surface area contributed by atoms with E-state index in [9.17, 15) is 79.4 Å². The summed E-state index contributed by atoms with van der Waals surface area (Å²) in [4.78, 5) is 11.3. The molecule has 0 unspecified atom stereocenters. The van der Waals surface area contributed by atoms with Gasteiger partial charge in [0.05, 0.1) is 0 Å². The molecule has 0 aliphatic rings. The van der Waals surface area contributed by atoms with Gasteiger partial charge in [-0.05, 0) is 12.8 Å². The normalized spacial score (nSPS) is 15.5. The number of carbonyl (C=O) groups excluding carboxylic acids is 1. The summed E-state index contributed by atoms with van der Waals surface area (Å²) in [5, 5.41) is 0. The van der Waals surface area contributed by atoms with Crippen molar-refractivity contribution in [1.82, 2.24) is 4.90 Å². The summed E-state index contributed by atoms with van der Waals surface area (Å²) in [7, 11) is 0. The van der Waals surface area contributed by atoms with Crippen LogP contribution in [0.25, 0.3) is 0 Å². The van der Waals surface area contributed by atoms with Gasteiger partial charge in [-0.3, -0.25) is 4.79 Å². The molecule has 2 nitrogen and oxygen atoms in total. The Hall–Kier alpha value is -1.72. The molecule has 0 spiro atoms.